The molecule has 0 bridgehead atoms. The molecule has 0 saturated heterocycles. The zero-order valence-corrected chi connectivity index (χ0v) is 14.1. The van der Waals surface area contributed by atoms with Crippen molar-refractivity contribution in [2.24, 2.45) is 0 Å². The Morgan fingerprint density at radius 2 is 1.83 bits per heavy atom. The fraction of sp³-hybridized carbons (Fsp3) is 0.0625. The summed E-state index contributed by atoms with van der Waals surface area (Å²) < 4.78 is 8.24. The molecule has 23 heavy (non-hydrogen) atoms. The number of hydrogen-bond acceptors (Lipinski definition) is 4. The standard InChI is InChI=1S/C16H12IN3O3/c17-15-10-16(23-11-12-4-2-1-3-5-12)18-19(15)13-6-8-14(9-7-13)20(21)22/h1-10H,11H2. The predicted octanol–water partition coefficient (Wildman–Crippen LogP) is 3.96. The molecule has 3 aromatic rings. The number of benzene rings is 2. The molecule has 0 fully saturated rings. The van der Waals surface area contributed by atoms with E-state index in [9.17, 15) is 10.1 Å². The van der Waals surface area contributed by atoms with E-state index in [-0.39, 0.29) is 5.69 Å². The third-order valence-corrected chi connectivity index (χ3v) is 3.95. The third-order valence-electron chi connectivity index (χ3n) is 3.18. The first-order valence-electron chi connectivity index (χ1n) is 6.80. The monoisotopic (exact) mass is 421 g/mol. The van der Waals surface area contributed by atoms with Gasteiger partial charge in [-0.2, -0.15) is 0 Å². The minimum absolute atomic E-state index is 0.0523. The lowest BCUT2D eigenvalue weighted by Gasteiger charge is -2.03. The lowest BCUT2D eigenvalue weighted by molar-refractivity contribution is -0.384. The highest BCUT2D eigenvalue weighted by molar-refractivity contribution is 14.1. The van der Waals surface area contributed by atoms with Gasteiger partial charge in [-0.05, 0) is 40.3 Å². The zero-order valence-electron chi connectivity index (χ0n) is 11.9. The van der Waals surface area contributed by atoms with E-state index < -0.39 is 4.92 Å². The maximum absolute atomic E-state index is 10.7. The van der Waals surface area contributed by atoms with Crippen molar-refractivity contribution in [3.63, 3.8) is 0 Å². The van der Waals surface area contributed by atoms with E-state index in [1.54, 1.807) is 16.8 Å². The van der Waals surface area contributed by atoms with E-state index in [0.717, 1.165) is 15.0 Å². The van der Waals surface area contributed by atoms with Crippen molar-refractivity contribution in [1.29, 1.82) is 0 Å². The first kappa shape index (κ1) is 15.5. The van der Waals surface area contributed by atoms with Gasteiger partial charge in [-0.15, -0.1) is 5.10 Å². The number of ether oxygens (including phenoxy) is 1. The zero-order chi connectivity index (χ0) is 16.2. The molecule has 0 aliphatic carbocycles. The van der Waals surface area contributed by atoms with Crippen molar-refractivity contribution in [3.05, 3.63) is 80.0 Å². The second-order valence-corrected chi connectivity index (χ2v) is 5.87. The first-order valence-corrected chi connectivity index (χ1v) is 7.88. The third kappa shape index (κ3) is 3.67. The van der Waals surface area contributed by atoms with Crippen LogP contribution in [0.5, 0.6) is 5.88 Å². The van der Waals surface area contributed by atoms with Gasteiger partial charge in [0.05, 0.1) is 10.6 Å². The van der Waals surface area contributed by atoms with Gasteiger partial charge in [0.25, 0.3) is 5.69 Å². The minimum atomic E-state index is -0.424. The largest absolute Gasteiger partial charge is 0.472 e. The number of aromatic nitrogens is 2. The first-order chi connectivity index (χ1) is 11.1. The molecule has 0 spiro atoms. The molecule has 0 atom stereocenters. The normalized spacial score (nSPS) is 10.5. The minimum Gasteiger partial charge on any atom is -0.472 e. The molecule has 3 rings (SSSR count). The second kappa shape index (κ2) is 6.78. The van der Waals surface area contributed by atoms with Gasteiger partial charge in [0, 0.05) is 18.2 Å². The van der Waals surface area contributed by atoms with Gasteiger partial charge in [-0.1, -0.05) is 30.3 Å². The summed E-state index contributed by atoms with van der Waals surface area (Å²) in [5.41, 5.74) is 1.86. The Bertz CT molecular complexity index is 816. The summed E-state index contributed by atoms with van der Waals surface area (Å²) in [7, 11) is 0. The average molecular weight is 421 g/mol. The van der Waals surface area contributed by atoms with Crippen molar-refractivity contribution in [2.75, 3.05) is 0 Å². The summed E-state index contributed by atoms with van der Waals surface area (Å²) >= 11 is 2.15. The fourth-order valence-electron chi connectivity index (χ4n) is 2.04. The number of nitrogens with zero attached hydrogens (tertiary/aromatic N) is 3. The summed E-state index contributed by atoms with van der Waals surface area (Å²) in [6.07, 6.45) is 0. The summed E-state index contributed by atoms with van der Waals surface area (Å²) in [6, 6.07) is 17.9. The van der Waals surface area contributed by atoms with E-state index in [1.807, 2.05) is 36.4 Å². The Hall–Kier alpha value is -2.42. The van der Waals surface area contributed by atoms with Crippen molar-refractivity contribution in [2.45, 2.75) is 6.61 Å². The molecule has 0 N–H and O–H groups in total. The van der Waals surface area contributed by atoms with Gasteiger partial charge in [0.15, 0.2) is 0 Å². The van der Waals surface area contributed by atoms with Crippen LogP contribution in [0.15, 0.2) is 60.7 Å². The maximum atomic E-state index is 10.7. The van der Waals surface area contributed by atoms with Crippen LogP contribution >= 0.6 is 22.6 Å². The highest BCUT2D eigenvalue weighted by Gasteiger charge is 2.10. The SMILES string of the molecule is O=[N+]([O-])c1ccc(-n2nc(OCc3ccccc3)cc2I)cc1. The summed E-state index contributed by atoms with van der Waals surface area (Å²) in [6.45, 7) is 0.439. The Labute approximate surface area is 146 Å². The van der Waals surface area contributed by atoms with Crippen LogP contribution in [0.4, 0.5) is 5.69 Å². The van der Waals surface area contributed by atoms with Crippen molar-refractivity contribution >= 4 is 28.3 Å². The quantitative estimate of drug-likeness (QED) is 0.355. The van der Waals surface area contributed by atoms with Crippen LogP contribution < -0.4 is 4.74 Å². The van der Waals surface area contributed by atoms with Crippen molar-refractivity contribution in [3.8, 4) is 11.6 Å². The number of nitro benzene ring substituents is 1. The highest BCUT2D eigenvalue weighted by atomic mass is 127. The lowest BCUT2D eigenvalue weighted by Crippen LogP contribution is -2.00. The van der Waals surface area contributed by atoms with Gasteiger partial charge in [-0.3, -0.25) is 10.1 Å². The molecule has 6 nitrogen and oxygen atoms in total. The molecule has 0 saturated carbocycles. The molecular weight excluding hydrogens is 409 g/mol. The van der Waals surface area contributed by atoms with Crippen molar-refractivity contribution in [1.82, 2.24) is 9.78 Å². The number of rotatable bonds is 5. The topological polar surface area (TPSA) is 70.2 Å². The molecule has 0 aliphatic rings. The van der Waals surface area contributed by atoms with Gasteiger partial charge in [0.1, 0.15) is 10.3 Å². The molecule has 2 aromatic carbocycles. The van der Waals surface area contributed by atoms with E-state index in [2.05, 4.69) is 27.7 Å². The lowest BCUT2D eigenvalue weighted by atomic mass is 10.2. The second-order valence-electron chi connectivity index (χ2n) is 4.76. The van der Waals surface area contributed by atoms with Crippen LogP contribution in [-0.2, 0) is 6.61 Å². The number of nitro groups is 1. The molecule has 1 aromatic heterocycles. The highest BCUT2D eigenvalue weighted by Crippen LogP contribution is 2.21. The van der Waals surface area contributed by atoms with Gasteiger partial charge >= 0.3 is 0 Å². The van der Waals surface area contributed by atoms with Crippen molar-refractivity contribution < 1.29 is 9.66 Å². The molecule has 116 valence electrons. The molecule has 0 amide bonds. The number of hydrogen-bond donors (Lipinski definition) is 0. The Kier molecular flexibility index (Phi) is 4.56. The smallest absolute Gasteiger partial charge is 0.269 e. The molecule has 1 heterocycles. The summed E-state index contributed by atoms with van der Waals surface area (Å²) in [5.74, 6) is 0.511. The Balaban J connectivity index is 1.76. The van der Waals surface area contributed by atoms with E-state index in [4.69, 9.17) is 4.74 Å². The summed E-state index contributed by atoms with van der Waals surface area (Å²) in [4.78, 5) is 10.3. The van der Waals surface area contributed by atoms with Crippen LogP contribution in [0.1, 0.15) is 5.56 Å². The van der Waals surface area contributed by atoms with Gasteiger partial charge in [-0.25, -0.2) is 4.68 Å². The van der Waals surface area contributed by atoms with Crippen LogP contribution in [0.25, 0.3) is 5.69 Å². The molecule has 0 radical (unpaired) electrons. The van der Waals surface area contributed by atoms with Gasteiger partial charge < -0.3 is 4.74 Å². The fourth-order valence-corrected chi connectivity index (χ4v) is 2.69. The molecular formula is C16H12IN3O3. The average Bonchev–Trinajstić information content (AvgIpc) is 2.95. The van der Waals surface area contributed by atoms with Crippen LogP contribution in [0.2, 0.25) is 0 Å². The van der Waals surface area contributed by atoms with E-state index >= 15 is 0 Å². The molecule has 7 heteroatoms. The predicted molar refractivity (Wildman–Crippen MR) is 93.7 cm³/mol. The van der Waals surface area contributed by atoms with Crippen LogP contribution in [0.3, 0.4) is 0 Å². The Morgan fingerprint density at radius 3 is 2.48 bits per heavy atom. The number of non-ortho nitro benzene ring substituents is 1. The Morgan fingerprint density at radius 1 is 1.13 bits per heavy atom. The van der Waals surface area contributed by atoms with Crippen LogP contribution in [-0.4, -0.2) is 14.7 Å². The van der Waals surface area contributed by atoms with Gasteiger partial charge in [0.2, 0.25) is 5.88 Å². The maximum Gasteiger partial charge on any atom is 0.269 e. The summed E-state index contributed by atoms with van der Waals surface area (Å²) in [5, 5.41) is 15.1. The molecule has 0 aliphatic heterocycles. The molecule has 0 unspecified atom stereocenters. The van der Waals surface area contributed by atoms with Crippen LogP contribution in [0, 0.1) is 13.8 Å². The van der Waals surface area contributed by atoms with E-state index in [1.165, 1.54) is 12.1 Å². The van der Waals surface area contributed by atoms with E-state index in [0.29, 0.717) is 12.5 Å². The number of halogens is 1.